The zero-order valence-corrected chi connectivity index (χ0v) is 15.4. The number of hydrogen-bond acceptors (Lipinski definition) is 2. The maximum absolute atomic E-state index is 12.5. The molecular formula is C18H19BrClNO2. The Balaban J connectivity index is 2.11. The number of carbonyl (C=O) groups is 1. The van der Waals surface area contributed by atoms with Gasteiger partial charge in [0.15, 0.2) is 0 Å². The van der Waals surface area contributed by atoms with Crippen LogP contribution in [0.1, 0.15) is 29.8 Å². The van der Waals surface area contributed by atoms with E-state index >= 15 is 0 Å². The first kappa shape index (κ1) is 17.8. The van der Waals surface area contributed by atoms with E-state index in [1.807, 2.05) is 24.3 Å². The summed E-state index contributed by atoms with van der Waals surface area (Å²) < 4.78 is 6.57. The largest absolute Gasteiger partial charge is 0.492 e. The van der Waals surface area contributed by atoms with Crippen LogP contribution >= 0.6 is 27.5 Å². The number of halogens is 2. The van der Waals surface area contributed by atoms with Crippen molar-refractivity contribution in [3.8, 4) is 5.75 Å². The van der Waals surface area contributed by atoms with Crippen LogP contribution in [0.2, 0.25) is 5.02 Å². The van der Waals surface area contributed by atoms with Gasteiger partial charge in [-0.2, -0.15) is 0 Å². The second-order valence-corrected chi connectivity index (χ2v) is 6.94. The van der Waals surface area contributed by atoms with Crippen LogP contribution in [0.5, 0.6) is 5.75 Å². The topological polar surface area (TPSA) is 38.3 Å². The molecular weight excluding hydrogens is 378 g/mol. The van der Waals surface area contributed by atoms with Gasteiger partial charge >= 0.3 is 0 Å². The Morgan fingerprint density at radius 2 is 2.00 bits per heavy atom. The standard InChI is InChI=1S/C18H19BrClNO2/c1-12(2)11-23-17-8-7-14(19)9-15(17)18(22)21-10-13-5-3-4-6-16(13)20/h3-9,12H,10-11H2,1-2H3,(H,21,22). The van der Waals surface area contributed by atoms with Crippen LogP contribution in [-0.2, 0) is 6.54 Å². The van der Waals surface area contributed by atoms with Gasteiger partial charge in [-0.3, -0.25) is 4.79 Å². The lowest BCUT2D eigenvalue weighted by Crippen LogP contribution is -2.24. The molecule has 3 nitrogen and oxygen atoms in total. The SMILES string of the molecule is CC(C)COc1ccc(Br)cc1C(=O)NCc1ccccc1Cl. The van der Waals surface area contributed by atoms with Gasteiger partial charge in [0.1, 0.15) is 5.75 Å². The van der Waals surface area contributed by atoms with E-state index in [0.717, 1.165) is 10.0 Å². The lowest BCUT2D eigenvalue weighted by Gasteiger charge is -2.14. The molecule has 0 saturated heterocycles. The van der Waals surface area contributed by atoms with Gasteiger partial charge in [0.25, 0.3) is 5.91 Å². The molecule has 122 valence electrons. The van der Waals surface area contributed by atoms with Crippen LogP contribution in [0.3, 0.4) is 0 Å². The molecule has 23 heavy (non-hydrogen) atoms. The maximum atomic E-state index is 12.5. The third kappa shape index (κ3) is 5.26. The van der Waals surface area contributed by atoms with Crippen molar-refractivity contribution < 1.29 is 9.53 Å². The number of benzene rings is 2. The summed E-state index contributed by atoms with van der Waals surface area (Å²) in [4.78, 5) is 12.5. The predicted octanol–water partition coefficient (Wildman–Crippen LogP) is 5.07. The van der Waals surface area contributed by atoms with Crippen molar-refractivity contribution in [2.75, 3.05) is 6.61 Å². The molecule has 0 aliphatic carbocycles. The molecule has 0 bridgehead atoms. The molecule has 0 saturated carbocycles. The van der Waals surface area contributed by atoms with E-state index in [-0.39, 0.29) is 5.91 Å². The Morgan fingerprint density at radius 3 is 2.70 bits per heavy atom. The van der Waals surface area contributed by atoms with E-state index in [1.54, 1.807) is 18.2 Å². The normalized spacial score (nSPS) is 10.7. The van der Waals surface area contributed by atoms with Gasteiger partial charge in [-0.1, -0.05) is 59.6 Å². The minimum atomic E-state index is -0.190. The molecule has 1 amide bonds. The monoisotopic (exact) mass is 395 g/mol. The van der Waals surface area contributed by atoms with Crippen molar-refractivity contribution in [3.63, 3.8) is 0 Å². The molecule has 0 aromatic heterocycles. The number of rotatable bonds is 6. The van der Waals surface area contributed by atoms with E-state index in [2.05, 4.69) is 35.1 Å². The van der Waals surface area contributed by atoms with Crippen LogP contribution < -0.4 is 10.1 Å². The molecule has 0 atom stereocenters. The minimum absolute atomic E-state index is 0.190. The summed E-state index contributed by atoms with van der Waals surface area (Å²) in [6.07, 6.45) is 0. The highest BCUT2D eigenvalue weighted by Gasteiger charge is 2.14. The predicted molar refractivity (Wildman–Crippen MR) is 97.1 cm³/mol. The lowest BCUT2D eigenvalue weighted by molar-refractivity contribution is 0.0946. The quantitative estimate of drug-likeness (QED) is 0.740. The summed E-state index contributed by atoms with van der Waals surface area (Å²) in [5.41, 5.74) is 1.38. The molecule has 0 spiro atoms. The van der Waals surface area contributed by atoms with Gasteiger partial charge in [0.2, 0.25) is 0 Å². The van der Waals surface area contributed by atoms with Crippen LogP contribution in [0.15, 0.2) is 46.9 Å². The van der Waals surface area contributed by atoms with Crippen LogP contribution in [-0.4, -0.2) is 12.5 Å². The molecule has 2 rings (SSSR count). The van der Waals surface area contributed by atoms with Gasteiger partial charge in [-0.15, -0.1) is 0 Å². The zero-order valence-electron chi connectivity index (χ0n) is 13.1. The van der Waals surface area contributed by atoms with Crippen molar-refractivity contribution in [2.45, 2.75) is 20.4 Å². The van der Waals surface area contributed by atoms with Crippen molar-refractivity contribution >= 4 is 33.4 Å². The number of carbonyl (C=O) groups excluding carboxylic acids is 1. The van der Waals surface area contributed by atoms with Crippen LogP contribution in [0, 0.1) is 5.92 Å². The van der Waals surface area contributed by atoms with Crippen molar-refractivity contribution in [1.29, 1.82) is 0 Å². The second-order valence-electron chi connectivity index (χ2n) is 5.62. The molecule has 1 N–H and O–H groups in total. The fourth-order valence-corrected chi connectivity index (χ4v) is 2.54. The van der Waals surface area contributed by atoms with Gasteiger partial charge in [0.05, 0.1) is 12.2 Å². The lowest BCUT2D eigenvalue weighted by atomic mass is 10.1. The number of amides is 1. The zero-order chi connectivity index (χ0) is 16.8. The highest BCUT2D eigenvalue weighted by molar-refractivity contribution is 9.10. The Morgan fingerprint density at radius 1 is 1.26 bits per heavy atom. The number of hydrogen-bond donors (Lipinski definition) is 1. The van der Waals surface area contributed by atoms with Crippen LogP contribution in [0.4, 0.5) is 0 Å². The number of ether oxygens (including phenoxy) is 1. The van der Waals surface area contributed by atoms with Crippen molar-refractivity contribution in [1.82, 2.24) is 5.32 Å². The van der Waals surface area contributed by atoms with Crippen molar-refractivity contribution in [3.05, 3.63) is 63.1 Å². The fraction of sp³-hybridized carbons (Fsp3) is 0.278. The molecule has 0 aliphatic rings. The summed E-state index contributed by atoms with van der Waals surface area (Å²) >= 11 is 9.51. The third-order valence-electron chi connectivity index (χ3n) is 3.16. The van der Waals surface area contributed by atoms with E-state index < -0.39 is 0 Å². The van der Waals surface area contributed by atoms with Crippen molar-refractivity contribution in [2.24, 2.45) is 5.92 Å². The highest BCUT2D eigenvalue weighted by Crippen LogP contribution is 2.24. The van der Waals surface area contributed by atoms with Gasteiger partial charge < -0.3 is 10.1 Å². The second kappa shape index (κ2) is 8.37. The molecule has 2 aromatic carbocycles. The van der Waals surface area contributed by atoms with Gasteiger partial charge in [-0.25, -0.2) is 0 Å². The molecule has 0 aliphatic heterocycles. The molecule has 2 aromatic rings. The number of nitrogens with one attached hydrogen (secondary N) is 1. The Hall–Kier alpha value is -1.52. The minimum Gasteiger partial charge on any atom is -0.492 e. The van der Waals surface area contributed by atoms with Crippen LogP contribution in [0.25, 0.3) is 0 Å². The Labute approximate surface area is 150 Å². The molecule has 5 heteroatoms. The summed E-state index contributed by atoms with van der Waals surface area (Å²) in [6, 6.07) is 12.9. The molecule has 0 radical (unpaired) electrons. The summed E-state index contributed by atoms with van der Waals surface area (Å²) in [5, 5.41) is 3.52. The van der Waals surface area contributed by atoms with E-state index in [9.17, 15) is 4.79 Å². The van der Waals surface area contributed by atoms with Gasteiger partial charge in [0, 0.05) is 16.0 Å². The third-order valence-corrected chi connectivity index (χ3v) is 4.02. The summed E-state index contributed by atoms with van der Waals surface area (Å²) in [5.74, 6) is 0.779. The average Bonchev–Trinajstić information content (AvgIpc) is 2.52. The summed E-state index contributed by atoms with van der Waals surface area (Å²) in [7, 11) is 0. The first-order valence-electron chi connectivity index (χ1n) is 7.41. The molecule has 0 unspecified atom stereocenters. The Kier molecular flexibility index (Phi) is 6.48. The maximum Gasteiger partial charge on any atom is 0.255 e. The first-order chi connectivity index (χ1) is 11.0. The Bertz CT molecular complexity index is 688. The fourth-order valence-electron chi connectivity index (χ4n) is 1.97. The smallest absolute Gasteiger partial charge is 0.255 e. The average molecular weight is 397 g/mol. The first-order valence-corrected chi connectivity index (χ1v) is 8.58. The van der Waals surface area contributed by atoms with E-state index in [4.69, 9.17) is 16.3 Å². The highest BCUT2D eigenvalue weighted by atomic mass is 79.9. The van der Waals surface area contributed by atoms with E-state index in [0.29, 0.717) is 35.4 Å². The molecule has 0 heterocycles. The summed E-state index contributed by atoms with van der Waals surface area (Å²) in [6.45, 7) is 5.06. The van der Waals surface area contributed by atoms with E-state index in [1.165, 1.54) is 0 Å². The molecule has 0 fully saturated rings. The van der Waals surface area contributed by atoms with Gasteiger partial charge in [-0.05, 0) is 35.7 Å².